The van der Waals surface area contributed by atoms with Crippen LogP contribution in [0.3, 0.4) is 0 Å². The number of benzene rings is 2. The summed E-state index contributed by atoms with van der Waals surface area (Å²) in [5, 5.41) is 2.67. The van der Waals surface area contributed by atoms with Crippen molar-refractivity contribution >= 4 is 21.7 Å². The van der Waals surface area contributed by atoms with Crippen LogP contribution in [0.5, 0.6) is 5.75 Å². The third kappa shape index (κ3) is 5.32. The number of carbonyl (C=O) groups excluding carboxylic acids is 2. The molecule has 0 aliphatic rings. The highest BCUT2D eigenvalue weighted by atomic mass is 32.2. The molecule has 0 saturated carbocycles. The van der Waals surface area contributed by atoms with Gasteiger partial charge < -0.3 is 14.8 Å². The SMILES string of the molecule is CCS(=O)(=O)c1ccccc1C(=O)O[C@@H](C)C(=O)NCc1ccc(OC)cc1. The second kappa shape index (κ2) is 9.36. The molecule has 0 radical (unpaired) electrons. The number of amides is 1. The average molecular weight is 405 g/mol. The van der Waals surface area contributed by atoms with Crippen LogP contribution in [-0.4, -0.2) is 39.3 Å². The highest BCUT2D eigenvalue weighted by molar-refractivity contribution is 7.91. The van der Waals surface area contributed by atoms with Gasteiger partial charge in [-0.25, -0.2) is 13.2 Å². The van der Waals surface area contributed by atoms with Crippen LogP contribution in [0.4, 0.5) is 0 Å². The number of ether oxygens (including phenoxy) is 2. The summed E-state index contributed by atoms with van der Waals surface area (Å²) in [4.78, 5) is 24.5. The molecule has 28 heavy (non-hydrogen) atoms. The molecule has 0 aliphatic carbocycles. The zero-order valence-electron chi connectivity index (χ0n) is 16.0. The molecule has 150 valence electrons. The van der Waals surface area contributed by atoms with Gasteiger partial charge >= 0.3 is 5.97 Å². The summed E-state index contributed by atoms with van der Waals surface area (Å²) in [6.45, 7) is 3.18. The van der Waals surface area contributed by atoms with Gasteiger partial charge in [0.05, 0.1) is 23.3 Å². The zero-order chi connectivity index (χ0) is 20.7. The Kier molecular flexibility index (Phi) is 7.17. The Bertz CT molecular complexity index is 937. The van der Waals surface area contributed by atoms with Crippen molar-refractivity contribution in [1.82, 2.24) is 5.32 Å². The Balaban J connectivity index is 2.01. The van der Waals surface area contributed by atoms with Crippen LogP contribution in [0.2, 0.25) is 0 Å². The number of methoxy groups -OCH3 is 1. The third-order valence-corrected chi connectivity index (χ3v) is 5.89. The van der Waals surface area contributed by atoms with Crippen molar-refractivity contribution < 1.29 is 27.5 Å². The molecular formula is C20H23NO6S. The maximum absolute atomic E-state index is 12.4. The second-order valence-electron chi connectivity index (χ2n) is 6.01. The first kappa shape index (κ1) is 21.4. The Morgan fingerprint density at radius 2 is 1.71 bits per heavy atom. The molecule has 0 fully saturated rings. The zero-order valence-corrected chi connectivity index (χ0v) is 16.8. The van der Waals surface area contributed by atoms with Gasteiger partial charge in [0.1, 0.15) is 5.75 Å². The molecule has 2 aromatic carbocycles. The lowest BCUT2D eigenvalue weighted by atomic mass is 10.2. The monoisotopic (exact) mass is 405 g/mol. The second-order valence-corrected chi connectivity index (χ2v) is 8.26. The molecular weight excluding hydrogens is 382 g/mol. The van der Waals surface area contributed by atoms with Crippen molar-refractivity contribution in [2.45, 2.75) is 31.4 Å². The quantitative estimate of drug-likeness (QED) is 0.677. The minimum absolute atomic E-state index is 0.0841. The predicted octanol–water partition coefficient (Wildman–Crippen LogP) is 2.35. The number of hydrogen-bond donors (Lipinski definition) is 1. The van der Waals surface area contributed by atoms with Gasteiger partial charge in [-0.15, -0.1) is 0 Å². The van der Waals surface area contributed by atoms with E-state index in [1.54, 1.807) is 25.3 Å². The van der Waals surface area contributed by atoms with E-state index in [9.17, 15) is 18.0 Å². The maximum atomic E-state index is 12.4. The van der Waals surface area contributed by atoms with Crippen LogP contribution < -0.4 is 10.1 Å². The van der Waals surface area contributed by atoms with Crippen LogP contribution in [-0.2, 0) is 25.9 Å². The highest BCUT2D eigenvalue weighted by Crippen LogP contribution is 2.18. The average Bonchev–Trinajstić information content (AvgIpc) is 2.72. The van der Waals surface area contributed by atoms with Gasteiger partial charge in [-0.05, 0) is 36.8 Å². The number of nitrogens with one attached hydrogen (secondary N) is 1. The molecule has 2 aromatic rings. The van der Waals surface area contributed by atoms with Gasteiger partial charge in [0.2, 0.25) is 0 Å². The van der Waals surface area contributed by atoms with E-state index in [1.807, 2.05) is 12.1 Å². The molecule has 8 heteroatoms. The lowest BCUT2D eigenvalue weighted by molar-refractivity contribution is -0.129. The molecule has 0 heterocycles. The van der Waals surface area contributed by atoms with E-state index in [0.717, 1.165) is 5.56 Å². The fourth-order valence-electron chi connectivity index (χ4n) is 2.42. The molecule has 0 aliphatic heterocycles. The summed E-state index contributed by atoms with van der Waals surface area (Å²) >= 11 is 0. The van der Waals surface area contributed by atoms with Crippen LogP contribution in [0.25, 0.3) is 0 Å². The summed E-state index contributed by atoms with van der Waals surface area (Å²) in [7, 11) is -2.03. The molecule has 2 rings (SSSR count). The Morgan fingerprint density at radius 3 is 2.32 bits per heavy atom. The summed E-state index contributed by atoms with van der Waals surface area (Å²) < 4.78 is 34.6. The first-order valence-electron chi connectivity index (χ1n) is 8.72. The fraction of sp³-hybridized carbons (Fsp3) is 0.300. The molecule has 1 amide bonds. The lowest BCUT2D eigenvalue weighted by Gasteiger charge is -2.15. The summed E-state index contributed by atoms with van der Waals surface area (Å²) in [6.07, 6.45) is -1.08. The van der Waals surface area contributed by atoms with E-state index in [4.69, 9.17) is 9.47 Å². The van der Waals surface area contributed by atoms with Gasteiger partial charge in [0.15, 0.2) is 15.9 Å². The van der Waals surface area contributed by atoms with Crippen LogP contribution in [0, 0.1) is 0 Å². The summed E-state index contributed by atoms with van der Waals surface area (Å²) in [5.74, 6) is -0.785. The normalized spacial score (nSPS) is 12.1. The lowest BCUT2D eigenvalue weighted by Crippen LogP contribution is -2.35. The largest absolute Gasteiger partial charge is 0.497 e. The number of esters is 1. The van der Waals surface area contributed by atoms with Gasteiger partial charge in [-0.2, -0.15) is 0 Å². The fourth-order valence-corrected chi connectivity index (χ4v) is 3.50. The molecule has 0 bridgehead atoms. The summed E-state index contributed by atoms with van der Waals surface area (Å²) in [5.41, 5.74) is 0.770. The molecule has 0 aromatic heterocycles. The van der Waals surface area contributed by atoms with E-state index in [1.165, 1.54) is 32.0 Å². The molecule has 0 spiro atoms. The van der Waals surface area contributed by atoms with Crippen molar-refractivity contribution in [1.29, 1.82) is 0 Å². The number of carbonyl (C=O) groups is 2. The van der Waals surface area contributed by atoms with E-state index >= 15 is 0 Å². The van der Waals surface area contributed by atoms with Gasteiger partial charge in [-0.1, -0.05) is 31.2 Å². The van der Waals surface area contributed by atoms with Crippen LogP contribution >= 0.6 is 0 Å². The first-order valence-corrected chi connectivity index (χ1v) is 10.4. The van der Waals surface area contributed by atoms with Crippen molar-refractivity contribution in [2.24, 2.45) is 0 Å². The summed E-state index contributed by atoms with van der Waals surface area (Å²) in [6, 6.07) is 13.0. The predicted molar refractivity (Wildman–Crippen MR) is 104 cm³/mol. The molecule has 1 atom stereocenters. The van der Waals surface area contributed by atoms with Crippen LogP contribution in [0.1, 0.15) is 29.8 Å². The number of rotatable bonds is 8. The minimum atomic E-state index is -3.59. The van der Waals surface area contributed by atoms with Gasteiger partial charge in [-0.3, -0.25) is 4.79 Å². The molecule has 0 saturated heterocycles. The van der Waals surface area contributed by atoms with Gasteiger partial charge in [0, 0.05) is 6.54 Å². The minimum Gasteiger partial charge on any atom is -0.497 e. The van der Waals surface area contributed by atoms with E-state index < -0.39 is 27.8 Å². The Hall–Kier alpha value is -2.87. The third-order valence-electron chi connectivity index (χ3n) is 4.10. The highest BCUT2D eigenvalue weighted by Gasteiger charge is 2.24. The van der Waals surface area contributed by atoms with Crippen molar-refractivity contribution in [3.8, 4) is 5.75 Å². The van der Waals surface area contributed by atoms with Gasteiger partial charge in [0.25, 0.3) is 5.91 Å². The Morgan fingerprint density at radius 1 is 1.07 bits per heavy atom. The standard InChI is InChI=1S/C20H23NO6S/c1-4-28(24,25)18-8-6-5-7-17(18)20(23)27-14(2)19(22)21-13-15-9-11-16(26-3)12-10-15/h5-12,14H,4,13H2,1-3H3,(H,21,22)/t14-/m0/s1. The Labute approximate surface area is 164 Å². The smallest absolute Gasteiger partial charge is 0.340 e. The molecule has 7 nitrogen and oxygen atoms in total. The van der Waals surface area contributed by atoms with E-state index in [0.29, 0.717) is 5.75 Å². The first-order chi connectivity index (χ1) is 13.3. The van der Waals surface area contributed by atoms with Crippen LogP contribution in [0.15, 0.2) is 53.4 Å². The molecule has 0 unspecified atom stereocenters. The van der Waals surface area contributed by atoms with Crippen molar-refractivity contribution in [3.63, 3.8) is 0 Å². The van der Waals surface area contributed by atoms with E-state index in [2.05, 4.69) is 5.32 Å². The molecule has 1 N–H and O–H groups in total. The number of hydrogen-bond acceptors (Lipinski definition) is 6. The van der Waals surface area contributed by atoms with Crippen molar-refractivity contribution in [3.05, 3.63) is 59.7 Å². The maximum Gasteiger partial charge on any atom is 0.340 e. The van der Waals surface area contributed by atoms with E-state index in [-0.39, 0.29) is 22.8 Å². The number of sulfone groups is 1. The topological polar surface area (TPSA) is 98.8 Å². The van der Waals surface area contributed by atoms with Crippen molar-refractivity contribution in [2.75, 3.05) is 12.9 Å².